The molecule has 5 nitrogen and oxygen atoms in total. The van der Waals surface area contributed by atoms with E-state index in [2.05, 4.69) is 4.72 Å². The molecule has 2 atom stereocenters. The number of rotatable bonds is 3. The summed E-state index contributed by atoms with van der Waals surface area (Å²) in [7, 11) is 0. The lowest BCUT2D eigenvalue weighted by Crippen LogP contribution is -2.49. The molecule has 0 bridgehead atoms. The van der Waals surface area contributed by atoms with Gasteiger partial charge in [0, 0.05) is 24.5 Å². The highest BCUT2D eigenvalue weighted by Crippen LogP contribution is 2.23. The summed E-state index contributed by atoms with van der Waals surface area (Å²) >= 11 is -1.07. The van der Waals surface area contributed by atoms with Crippen LogP contribution in [0.25, 0.3) is 0 Å². The Morgan fingerprint density at radius 1 is 1.44 bits per heavy atom. The van der Waals surface area contributed by atoms with Gasteiger partial charge in [-0.3, -0.25) is 0 Å². The molecule has 1 rings (SSSR count). The highest BCUT2D eigenvalue weighted by molar-refractivity contribution is 7.90. The van der Waals surface area contributed by atoms with Crippen molar-refractivity contribution in [1.29, 1.82) is 0 Å². The van der Waals surface area contributed by atoms with Crippen molar-refractivity contribution >= 4 is 17.5 Å². The molecule has 6 heteroatoms. The van der Waals surface area contributed by atoms with Gasteiger partial charge < -0.3 is 14.6 Å². The fourth-order valence-electron chi connectivity index (χ4n) is 2.03. The molecule has 0 radical (unpaired) electrons. The zero-order valence-corrected chi connectivity index (χ0v) is 12.4. The molecule has 1 unspecified atom stereocenters. The molecule has 1 fully saturated rings. The Hall–Kier alpha value is -0.460. The van der Waals surface area contributed by atoms with E-state index in [9.17, 15) is 9.35 Å². The van der Waals surface area contributed by atoms with Crippen LogP contribution in [-0.4, -0.2) is 44.5 Å². The van der Waals surface area contributed by atoms with Crippen LogP contribution in [-0.2, 0) is 11.4 Å². The number of carboxylic acid groups (broad SMARTS) is 1. The quantitative estimate of drug-likeness (QED) is 0.771. The van der Waals surface area contributed by atoms with Gasteiger partial charge in [0.1, 0.15) is 4.75 Å². The highest BCUT2D eigenvalue weighted by atomic mass is 32.2. The van der Waals surface area contributed by atoms with Gasteiger partial charge in [0.2, 0.25) is 0 Å². The molecule has 1 heterocycles. The van der Waals surface area contributed by atoms with Crippen molar-refractivity contribution in [1.82, 2.24) is 9.62 Å². The van der Waals surface area contributed by atoms with E-state index in [4.69, 9.17) is 5.11 Å². The van der Waals surface area contributed by atoms with Crippen LogP contribution in [0.3, 0.4) is 0 Å². The smallest absolute Gasteiger partial charge is 0.407 e. The minimum Gasteiger partial charge on any atom is -0.598 e. The molecule has 18 heavy (non-hydrogen) atoms. The summed E-state index contributed by atoms with van der Waals surface area (Å²) in [4.78, 5) is 12.3. The van der Waals surface area contributed by atoms with Crippen LogP contribution in [0.15, 0.2) is 0 Å². The lowest BCUT2D eigenvalue weighted by Gasteiger charge is -2.35. The SMILES string of the molecule is C[C@H](N[S+]([O-])C(C)(C)C)C1CCN(C(=O)O)CC1. The van der Waals surface area contributed by atoms with Crippen molar-refractivity contribution in [3.05, 3.63) is 0 Å². The molecule has 1 amide bonds. The third-order valence-electron chi connectivity index (χ3n) is 3.37. The van der Waals surface area contributed by atoms with Crippen LogP contribution in [0, 0.1) is 5.92 Å². The predicted molar refractivity (Wildman–Crippen MR) is 72.8 cm³/mol. The maximum Gasteiger partial charge on any atom is 0.407 e. The van der Waals surface area contributed by atoms with Crippen LogP contribution in [0.5, 0.6) is 0 Å². The lowest BCUT2D eigenvalue weighted by molar-refractivity contribution is 0.120. The maximum atomic E-state index is 12.0. The first kappa shape index (κ1) is 15.6. The average Bonchev–Trinajstić information content (AvgIpc) is 2.27. The van der Waals surface area contributed by atoms with Crippen molar-refractivity contribution < 1.29 is 14.5 Å². The first-order chi connectivity index (χ1) is 8.21. The zero-order chi connectivity index (χ0) is 13.9. The first-order valence-corrected chi connectivity index (χ1v) is 7.52. The largest absolute Gasteiger partial charge is 0.598 e. The standard InChI is InChI=1S/C12H24N2O3S/c1-9(13-18(17)12(2,3)4)10-5-7-14(8-6-10)11(15)16/h9-10,13H,5-8H2,1-4H3,(H,15,16)/t9-,18?/m0/s1. The van der Waals surface area contributed by atoms with Gasteiger partial charge in [-0.25, -0.2) is 4.79 Å². The van der Waals surface area contributed by atoms with Crippen LogP contribution in [0.4, 0.5) is 4.79 Å². The lowest BCUT2D eigenvalue weighted by atomic mass is 9.91. The number of carbonyl (C=O) groups is 1. The second-order valence-electron chi connectivity index (χ2n) is 5.89. The molecule has 0 aromatic carbocycles. The number of piperidine rings is 1. The van der Waals surface area contributed by atoms with Gasteiger partial charge >= 0.3 is 6.09 Å². The van der Waals surface area contributed by atoms with E-state index in [1.165, 1.54) is 4.90 Å². The van der Waals surface area contributed by atoms with E-state index in [0.29, 0.717) is 19.0 Å². The number of hydrogen-bond donors (Lipinski definition) is 2. The van der Waals surface area contributed by atoms with Crippen molar-refractivity contribution in [2.24, 2.45) is 5.92 Å². The van der Waals surface area contributed by atoms with Crippen LogP contribution < -0.4 is 4.72 Å². The Morgan fingerprint density at radius 3 is 2.33 bits per heavy atom. The number of amides is 1. The third-order valence-corrected chi connectivity index (χ3v) is 5.06. The number of nitrogens with one attached hydrogen (secondary N) is 1. The van der Waals surface area contributed by atoms with E-state index in [1.54, 1.807) is 0 Å². The summed E-state index contributed by atoms with van der Waals surface area (Å²) in [5.41, 5.74) is 0. The number of hydrogen-bond acceptors (Lipinski definition) is 3. The van der Waals surface area contributed by atoms with Crippen LogP contribution in [0.2, 0.25) is 0 Å². The Bertz CT molecular complexity index is 286. The minimum atomic E-state index is -1.07. The van der Waals surface area contributed by atoms with Crippen molar-refractivity contribution in [3.8, 4) is 0 Å². The van der Waals surface area contributed by atoms with E-state index in [0.717, 1.165) is 12.8 Å². The molecular formula is C12H24N2O3S. The number of likely N-dealkylation sites (tertiary alicyclic amines) is 1. The minimum absolute atomic E-state index is 0.154. The van der Waals surface area contributed by atoms with Crippen LogP contribution in [0.1, 0.15) is 40.5 Å². The second-order valence-corrected chi connectivity index (χ2v) is 7.89. The van der Waals surface area contributed by atoms with Crippen molar-refractivity contribution in [2.45, 2.75) is 51.3 Å². The fraction of sp³-hybridized carbons (Fsp3) is 0.917. The Labute approximate surface area is 112 Å². The summed E-state index contributed by atoms with van der Waals surface area (Å²) in [6.07, 6.45) is 0.830. The van der Waals surface area contributed by atoms with Crippen molar-refractivity contribution in [3.63, 3.8) is 0 Å². The van der Waals surface area contributed by atoms with E-state index >= 15 is 0 Å². The van der Waals surface area contributed by atoms with Gasteiger partial charge in [0.25, 0.3) is 0 Å². The van der Waals surface area contributed by atoms with Gasteiger partial charge in [-0.05, 0) is 46.5 Å². The fourth-order valence-corrected chi connectivity index (χ4v) is 2.92. The molecule has 1 aliphatic heterocycles. The Kier molecular flexibility index (Phi) is 5.31. The topological polar surface area (TPSA) is 75.6 Å². The molecule has 106 valence electrons. The van der Waals surface area contributed by atoms with Crippen molar-refractivity contribution in [2.75, 3.05) is 13.1 Å². The molecule has 1 aliphatic rings. The van der Waals surface area contributed by atoms with Crippen LogP contribution >= 0.6 is 0 Å². The Morgan fingerprint density at radius 2 is 1.94 bits per heavy atom. The second kappa shape index (κ2) is 6.12. The first-order valence-electron chi connectivity index (χ1n) is 6.37. The molecule has 2 N–H and O–H groups in total. The third kappa shape index (κ3) is 4.33. The van der Waals surface area contributed by atoms with Gasteiger partial charge in [0.05, 0.1) is 6.04 Å². The molecule has 0 saturated carbocycles. The van der Waals surface area contributed by atoms with Gasteiger partial charge in [0.15, 0.2) is 0 Å². The molecule has 1 saturated heterocycles. The van der Waals surface area contributed by atoms with E-state index < -0.39 is 17.5 Å². The summed E-state index contributed by atoms with van der Waals surface area (Å²) < 4.78 is 14.9. The maximum absolute atomic E-state index is 12.0. The zero-order valence-electron chi connectivity index (χ0n) is 11.6. The monoisotopic (exact) mass is 276 g/mol. The summed E-state index contributed by atoms with van der Waals surface area (Å²) in [6, 6.07) is 0.154. The van der Waals surface area contributed by atoms with Gasteiger partial charge in [-0.1, -0.05) is 0 Å². The molecule has 0 spiro atoms. The van der Waals surface area contributed by atoms with E-state index in [-0.39, 0.29) is 10.8 Å². The summed E-state index contributed by atoms with van der Waals surface area (Å²) in [5.74, 6) is 0.395. The Balaban J connectivity index is 2.41. The predicted octanol–water partition coefficient (Wildman–Crippen LogP) is 1.82. The highest BCUT2D eigenvalue weighted by Gasteiger charge is 2.32. The normalized spacial score (nSPS) is 21.7. The summed E-state index contributed by atoms with van der Waals surface area (Å²) in [6.45, 7) is 9.01. The van der Waals surface area contributed by atoms with Gasteiger partial charge in [-0.15, -0.1) is 4.72 Å². The molecular weight excluding hydrogens is 252 g/mol. The van der Waals surface area contributed by atoms with Gasteiger partial charge in [-0.2, -0.15) is 0 Å². The average molecular weight is 276 g/mol. The molecule has 0 aromatic heterocycles. The summed E-state index contributed by atoms with van der Waals surface area (Å²) in [5, 5.41) is 8.88. The molecule has 0 aliphatic carbocycles. The molecule has 0 aromatic rings. The number of nitrogens with zero attached hydrogens (tertiary/aromatic N) is 1. The van der Waals surface area contributed by atoms with E-state index in [1.807, 2.05) is 27.7 Å².